The summed E-state index contributed by atoms with van der Waals surface area (Å²) in [6.45, 7) is 3.60. The molecule has 0 fully saturated rings. The Balaban J connectivity index is 1.70. The minimum atomic E-state index is -1.01. The lowest BCUT2D eigenvalue weighted by atomic mass is 9.70. The van der Waals surface area contributed by atoms with Crippen LogP contribution in [0.5, 0.6) is 5.75 Å². The number of aryl methyl sites for hydroxylation is 1. The quantitative estimate of drug-likeness (QED) is 0.818. The number of aliphatic carboxylic acids is 1. The Bertz CT molecular complexity index is 830. The molecule has 1 aliphatic rings. The number of carboxylic acids is 1. The molecule has 2 aromatic rings. The average molecular weight is 367 g/mol. The molecule has 3 rings (SSSR count). The number of hydrogen-bond acceptors (Lipinski definition) is 3. The van der Waals surface area contributed by atoms with Gasteiger partial charge >= 0.3 is 5.97 Å². The molecule has 2 atom stereocenters. The van der Waals surface area contributed by atoms with Gasteiger partial charge in [0.15, 0.2) is 6.61 Å². The Morgan fingerprint density at radius 2 is 1.89 bits per heavy atom. The van der Waals surface area contributed by atoms with Crippen molar-refractivity contribution in [2.75, 3.05) is 6.61 Å². The second kappa shape index (κ2) is 7.82. The van der Waals surface area contributed by atoms with Crippen LogP contribution in [0.25, 0.3) is 0 Å². The number of benzene rings is 2. The summed E-state index contributed by atoms with van der Waals surface area (Å²) in [6, 6.07) is 15.2. The highest BCUT2D eigenvalue weighted by atomic mass is 16.5. The maximum absolute atomic E-state index is 13.1. The number of fused-ring (bicyclic) bond motifs is 1. The Labute approximate surface area is 159 Å². The van der Waals surface area contributed by atoms with Crippen LogP contribution in [0.15, 0.2) is 48.5 Å². The number of nitrogens with one attached hydrogen (secondary N) is 1. The molecule has 0 bridgehead atoms. The van der Waals surface area contributed by atoms with E-state index in [1.165, 1.54) is 5.56 Å². The molecule has 5 heteroatoms. The highest BCUT2D eigenvalue weighted by molar-refractivity contribution is 5.88. The number of rotatable bonds is 6. The zero-order valence-electron chi connectivity index (χ0n) is 15.7. The predicted molar refractivity (Wildman–Crippen MR) is 103 cm³/mol. The summed E-state index contributed by atoms with van der Waals surface area (Å²) >= 11 is 0. The Hall–Kier alpha value is -2.82. The van der Waals surface area contributed by atoms with Crippen LogP contribution >= 0.6 is 0 Å². The van der Waals surface area contributed by atoms with Crippen LogP contribution < -0.4 is 10.1 Å². The fourth-order valence-electron chi connectivity index (χ4n) is 3.72. The minimum absolute atomic E-state index is 0.0355. The van der Waals surface area contributed by atoms with Gasteiger partial charge in [-0.3, -0.25) is 4.79 Å². The van der Waals surface area contributed by atoms with E-state index < -0.39 is 11.4 Å². The third-order valence-corrected chi connectivity index (χ3v) is 5.33. The standard InChI is InChI=1S/C22H25NO4/c1-15(16-9-11-18(12-10-16)27-14-20(24)25)23-21(26)22(2)13-5-7-17-6-3-4-8-19(17)22/h3-4,6,8-12,15H,5,7,13-14H2,1-2H3,(H,23,26)(H,24,25). The first-order valence-corrected chi connectivity index (χ1v) is 9.24. The third-order valence-electron chi connectivity index (χ3n) is 5.33. The van der Waals surface area contributed by atoms with Gasteiger partial charge in [0.05, 0.1) is 11.5 Å². The summed E-state index contributed by atoms with van der Waals surface area (Å²) in [7, 11) is 0. The van der Waals surface area contributed by atoms with Gasteiger partial charge in [-0.2, -0.15) is 0 Å². The average Bonchev–Trinajstić information content (AvgIpc) is 2.67. The van der Waals surface area contributed by atoms with Crippen molar-refractivity contribution in [2.45, 2.75) is 44.6 Å². The summed E-state index contributed by atoms with van der Waals surface area (Å²) in [4.78, 5) is 23.7. The molecular formula is C22H25NO4. The van der Waals surface area contributed by atoms with Crippen LogP contribution in [0.3, 0.4) is 0 Å². The van der Waals surface area contributed by atoms with Gasteiger partial charge in [0.25, 0.3) is 0 Å². The van der Waals surface area contributed by atoms with E-state index in [4.69, 9.17) is 9.84 Å². The Kier molecular flexibility index (Phi) is 5.49. The highest BCUT2D eigenvalue weighted by Gasteiger charge is 2.39. The van der Waals surface area contributed by atoms with E-state index in [0.29, 0.717) is 5.75 Å². The van der Waals surface area contributed by atoms with Crippen LogP contribution in [0.2, 0.25) is 0 Å². The van der Waals surface area contributed by atoms with Gasteiger partial charge in [0.1, 0.15) is 5.75 Å². The smallest absolute Gasteiger partial charge is 0.341 e. The third kappa shape index (κ3) is 4.13. The number of ether oxygens (including phenoxy) is 1. The lowest BCUT2D eigenvalue weighted by molar-refractivity contribution is -0.139. The molecular weight excluding hydrogens is 342 g/mol. The van der Waals surface area contributed by atoms with Gasteiger partial charge in [0.2, 0.25) is 5.91 Å². The Morgan fingerprint density at radius 3 is 2.59 bits per heavy atom. The molecule has 2 unspecified atom stereocenters. The fourth-order valence-corrected chi connectivity index (χ4v) is 3.72. The molecule has 0 saturated carbocycles. The van der Waals surface area contributed by atoms with E-state index in [9.17, 15) is 9.59 Å². The molecule has 2 N–H and O–H groups in total. The topological polar surface area (TPSA) is 75.6 Å². The number of carbonyl (C=O) groups is 2. The fraction of sp³-hybridized carbons (Fsp3) is 0.364. The van der Waals surface area contributed by atoms with Crippen molar-refractivity contribution in [3.05, 3.63) is 65.2 Å². The second-order valence-corrected chi connectivity index (χ2v) is 7.29. The molecule has 1 amide bonds. The van der Waals surface area contributed by atoms with Gasteiger partial charge in [0, 0.05) is 0 Å². The minimum Gasteiger partial charge on any atom is -0.482 e. The number of amides is 1. The van der Waals surface area contributed by atoms with E-state index in [2.05, 4.69) is 17.4 Å². The predicted octanol–water partition coefficient (Wildman–Crippen LogP) is 3.62. The van der Waals surface area contributed by atoms with Crippen LogP contribution in [0.4, 0.5) is 0 Å². The molecule has 0 saturated heterocycles. The van der Waals surface area contributed by atoms with Crippen molar-refractivity contribution < 1.29 is 19.4 Å². The molecule has 142 valence electrons. The lowest BCUT2D eigenvalue weighted by Crippen LogP contribution is -2.45. The normalized spacial score (nSPS) is 19.6. The SMILES string of the molecule is CC(NC(=O)C1(C)CCCc2ccccc21)c1ccc(OCC(=O)O)cc1. The van der Waals surface area contributed by atoms with E-state index in [1.54, 1.807) is 12.1 Å². The lowest BCUT2D eigenvalue weighted by Gasteiger charge is -2.35. The van der Waals surface area contributed by atoms with E-state index in [-0.39, 0.29) is 18.6 Å². The summed E-state index contributed by atoms with van der Waals surface area (Å²) in [5.41, 5.74) is 2.80. The van der Waals surface area contributed by atoms with Crippen molar-refractivity contribution >= 4 is 11.9 Å². The van der Waals surface area contributed by atoms with Crippen molar-refractivity contribution in [1.29, 1.82) is 0 Å². The molecule has 0 aliphatic heterocycles. The Morgan fingerprint density at radius 1 is 1.19 bits per heavy atom. The highest BCUT2D eigenvalue weighted by Crippen LogP contribution is 2.37. The maximum Gasteiger partial charge on any atom is 0.341 e. The van der Waals surface area contributed by atoms with E-state index in [0.717, 1.165) is 30.4 Å². The second-order valence-electron chi connectivity index (χ2n) is 7.29. The first kappa shape index (κ1) is 19.0. The van der Waals surface area contributed by atoms with Crippen LogP contribution in [0.1, 0.15) is 49.4 Å². The molecule has 1 aliphatic carbocycles. The monoisotopic (exact) mass is 367 g/mol. The molecule has 5 nitrogen and oxygen atoms in total. The molecule has 2 aromatic carbocycles. The number of carboxylic acid groups (broad SMARTS) is 1. The van der Waals surface area contributed by atoms with E-state index >= 15 is 0 Å². The van der Waals surface area contributed by atoms with Gasteiger partial charge in [-0.25, -0.2) is 4.79 Å². The van der Waals surface area contributed by atoms with Crippen molar-refractivity contribution in [2.24, 2.45) is 0 Å². The van der Waals surface area contributed by atoms with Gasteiger partial charge in [-0.05, 0) is 61.9 Å². The zero-order chi connectivity index (χ0) is 19.4. The summed E-state index contributed by atoms with van der Waals surface area (Å²) < 4.78 is 5.15. The molecule has 0 aromatic heterocycles. The first-order valence-electron chi connectivity index (χ1n) is 9.24. The van der Waals surface area contributed by atoms with Gasteiger partial charge in [-0.15, -0.1) is 0 Å². The van der Waals surface area contributed by atoms with Crippen molar-refractivity contribution in [1.82, 2.24) is 5.32 Å². The maximum atomic E-state index is 13.1. The van der Waals surface area contributed by atoms with Crippen LogP contribution in [-0.2, 0) is 21.4 Å². The van der Waals surface area contributed by atoms with Gasteiger partial charge in [-0.1, -0.05) is 36.4 Å². The summed E-state index contributed by atoms with van der Waals surface area (Å²) in [6.07, 6.45) is 2.86. The molecule has 27 heavy (non-hydrogen) atoms. The molecule has 0 spiro atoms. The summed E-state index contributed by atoms with van der Waals surface area (Å²) in [5.74, 6) is -0.484. The van der Waals surface area contributed by atoms with Crippen LogP contribution in [0, 0.1) is 0 Å². The largest absolute Gasteiger partial charge is 0.482 e. The molecule has 0 radical (unpaired) electrons. The van der Waals surface area contributed by atoms with Crippen LogP contribution in [-0.4, -0.2) is 23.6 Å². The first-order chi connectivity index (χ1) is 12.9. The van der Waals surface area contributed by atoms with E-state index in [1.807, 2.05) is 38.1 Å². The zero-order valence-corrected chi connectivity index (χ0v) is 15.7. The number of hydrogen-bond donors (Lipinski definition) is 2. The van der Waals surface area contributed by atoms with Crippen molar-refractivity contribution in [3.63, 3.8) is 0 Å². The number of carbonyl (C=O) groups excluding carboxylic acids is 1. The van der Waals surface area contributed by atoms with Crippen molar-refractivity contribution in [3.8, 4) is 5.75 Å². The molecule has 0 heterocycles. The summed E-state index contributed by atoms with van der Waals surface area (Å²) in [5, 5.41) is 11.8. The van der Waals surface area contributed by atoms with Gasteiger partial charge < -0.3 is 15.2 Å².